The van der Waals surface area contributed by atoms with E-state index in [0.29, 0.717) is 30.9 Å². The van der Waals surface area contributed by atoms with Crippen LogP contribution >= 0.6 is 0 Å². The molecule has 2 aromatic carbocycles. The van der Waals surface area contributed by atoms with Gasteiger partial charge in [-0.25, -0.2) is 8.42 Å². The van der Waals surface area contributed by atoms with Crippen LogP contribution in [-0.4, -0.2) is 50.7 Å². The highest BCUT2D eigenvalue weighted by molar-refractivity contribution is 7.90. The van der Waals surface area contributed by atoms with E-state index in [9.17, 15) is 13.2 Å². The third-order valence-electron chi connectivity index (χ3n) is 6.29. The molecule has 1 heterocycles. The Hall–Kier alpha value is -2.64. The highest BCUT2D eigenvalue weighted by Crippen LogP contribution is 2.43. The minimum atomic E-state index is -3.37. The summed E-state index contributed by atoms with van der Waals surface area (Å²) in [5.41, 5.74) is 8.43. The number of nitrogens with two attached hydrogens (primary N) is 1. The van der Waals surface area contributed by atoms with E-state index in [2.05, 4.69) is 13.0 Å². The fourth-order valence-corrected chi connectivity index (χ4v) is 4.88. The highest BCUT2D eigenvalue weighted by atomic mass is 32.2. The zero-order valence-electron chi connectivity index (χ0n) is 19.9. The van der Waals surface area contributed by atoms with Crippen LogP contribution in [0.25, 0.3) is 5.57 Å². The maximum atomic E-state index is 12.7. The Labute approximate surface area is 197 Å². The van der Waals surface area contributed by atoms with E-state index in [1.165, 1.54) is 6.26 Å². The number of carbonyl (C=O) groups excluding carboxylic acids is 1. The smallest absolute Gasteiger partial charge is 0.253 e. The third-order valence-corrected chi connectivity index (χ3v) is 7.40. The molecule has 2 aromatic rings. The van der Waals surface area contributed by atoms with Crippen LogP contribution in [0.2, 0.25) is 0 Å². The van der Waals surface area contributed by atoms with Gasteiger partial charge in [0.2, 0.25) is 0 Å². The molecule has 0 fully saturated rings. The Kier molecular flexibility index (Phi) is 7.65. The van der Waals surface area contributed by atoms with E-state index in [-0.39, 0.29) is 10.8 Å². The lowest BCUT2D eigenvalue weighted by molar-refractivity contribution is 0.0773. The molecule has 0 aromatic heterocycles. The van der Waals surface area contributed by atoms with Crippen LogP contribution in [0.1, 0.15) is 61.5 Å². The summed E-state index contributed by atoms with van der Waals surface area (Å²) in [4.78, 5) is 14.8. The summed E-state index contributed by atoms with van der Waals surface area (Å²) in [5, 5.41) is 0. The lowest BCUT2D eigenvalue weighted by Crippen LogP contribution is -2.36. The molecule has 33 heavy (non-hydrogen) atoms. The normalized spacial score (nSPS) is 17.7. The fraction of sp³-hybridized carbons (Fsp3) is 0.423. The van der Waals surface area contributed by atoms with Crippen LogP contribution in [-0.2, 0) is 9.84 Å². The zero-order valence-corrected chi connectivity index (χ0v) is 20.7. The molecular formula is C26H34N2O4S. The van der Waals surface area contributed by atoms with E-state index in [4.69, 9.17) is 10.5 Å². The summed E-state index contributed by atoms with van der Waals surface area (Å²) in [6.07, 6.45) is 5.62. The van der Waals surface area contributed by atoms with Gasteiger partial charge in [0.1, 0.15) is 11.4 Å². The average Bonchev–Trinajstić information content (AvgIpc) is 2.82. The minimum absolute atomic E-state index is 0.00174. The number of nitrogens with zero attached hydrogens (tertiary/aromatic N) is 1. The molecule has 2 N–H and O–H groups in total. The Bertz CT molecular complexity index is 1140. The maximum absolute atomic E-state index is 12.7. The average molecular weight is 471 g/mol. The largest absolute Gasteiger partial charge is 0.483 e. The first-order chi connectivity index (χ1) is 15.7. The molecule has 0 saturated heterocycles. The van der Waals surface area contributed by atoms with Crippen molar-refractivity contribution in [1.29, 1.82) is 0 Å². The van der Waals surface area contributed by atoms with Crippen molar-refractivity contribution in [3.63, 3.8) is 0 Å². The lowest BCUT2D eigenvalue weighted by Gasteiger charge is -2.37. The number of hydrogen-bond acceptors (Lipinski definition) is 5. The number of ether oxygens (including phenoxy) is 1. The van der Waals surface area contributed by atoms with Crippen molar-refractivity contribution in [2.45, 2.75) is 50.5 Å². The van der Waals surface area contributed by atoms with Gasteiger partial charge in [0.15, 0.2) is 9.84 Å². The Morgan fingerprint density at radius 2 is 1.73 bits per heavy atom. The molecule has 1 amide bonds. The molecular weight excluding hydrogens is 436 g/mol. The van der Waals surface area contributed by atoms with Crippen LogP contribution < -0.4 is 10.5 Å². The first-order valence-corrected chi connectivity index (χ1v) is 13.4. The molecule has 0 aliphatic carbocycles. The summed E-state index contributed by atoms with van der Waals surface area (Å²) in [6.45, 7) is 7.88. The lowest BCUT2D eigenvalue weighted by atomic mass is 9.84. The number of amides is 1. The van der Waals surface area contributed by atoms with Crippen molar-refractivity contribution in [2.75, 3.05) is 25.9 Å². The van der Waals surface area contributed by atoms with Gasteiger partial charge in [-0.15, -0.1) is 0 Å². The first kappa shape index (κ1) is 25.0. The molecule has 1 atom stereocenters. The summed E-state index contributed by atoms with van der Waals surface area (Å²) in [7, 11) is -3.37. The van der Waals surface area contributed by atoms with Crippen LogP contribution in [0, 0.1) is 0 Å². The predicted octanol–water partition coefficient (Wildman–Crippen LogP) is 4.28. The van der Waals surface area contributed by atoms with E-state index in [1.807, 2.05) is 38.1 Å². The molecule has 1 aliphatic heterocycles. The second kappa shape index (κ2) is 10.1. The van der Waals surface area contributed by atoms with Crippen molar-refractivity contribution in [3.8, 4) is 5.75 Å². The van der Waals surface area contributed by atoms with Gasteiger partial charge in [0.25, 0.3) is 5.91 Å². The SMILES string of the molecule is CCN(CC)C(=O)c1ccc(C2=CC(CC)(CCCN)Oc3ccc(S(C)(=O)=O)cc32)cc1. The predicted molar refractivity (Wildman–Crippen MR) is 132 cm³/mol. The van der Waals surface area contributed by atoms with E-state index in [0.717, 1.165) is 36.0 Å². The second-order valence-electron chi connectivity index (χ2n) is 8.46. The monoisotopic (exact) mass is 470 g/mol. The van der Waals surface area contributed by atoms with Crippen molar-refractivity contribution in [1.82, 2.24) is 4.90 Å². The number of benzene rings is 2. The number of sulfone groups is 1. The van der Waals surface area contributed by atoms with Crippen LogP contribution in [0.3, 0.4) is 0 Å². The number of hydrogen-bond donors (Lipinski definition) is 1. The summed E-state index contributed by atoms with van der Waals surface area (Å²) >= 11 is 0. The van der Waals surface area contributed by atoms with E-state index in [1.54, 1.807) is 23.1 Å². The van der Waals surface area contributed by atoms with Crippen molar-refractivity contribution >= 4 is 21.3 Å². The molecule has 3 rings (SSSR count). The summed E-state index contributed by atoms with van der Waals surface area (Å²) < 4.78 is 30.8. The molecule has 7 heteroatoms. The standard InChI is InChI=1S/C26H34N2O4S/c1-5-26(15-8-16-27)18-23(22-17-21(33(4,30)31)13-14-24(22)32-26)19-9-11-20(12-10-19)25(29)28(6-2)7-3/h9-14,17-18H,5-8,15-16,27H2,1-4H3. The molecule has 1 unspecified atom stereocenters. The quantitative estimate of drug-likeness (QED) is 0.591. The zero-order chi connectivity index (χ0) is 24.2. The van der Waals surface area contributed by atoms with Gasteiger partial charge in [-0.05, 0) is 87.2 Å². The molecule has 0 radical (unpaired) electrons. The van der Waals surface area contributed by atoms with Gasteiger partial charge in [0, 0.05) is 30.5 Å². The first-order valence-electron chi connectivity index (χ1n) is 11.5. The molecule has 0 bridgehead atoms. The Morgan fingerprint density at radius 3 is 2.27 bits per heavy atom. The fourth-order valence-electron chi connectivity index (χ4n) is 4.23. The highest BCUT2D eigenvalue weighted by Gasteiger charge is 2.34. The van der Waals surface area contributed by atoms with Crippen molar-refractivity contribution in [2.24, 2.45) is 5.73 Å². The molecule has 6 nitrogen and oxygen atoms in total. The number of fused-ring (bicyclic) bond motifs is 1. The van der Waals surface area contributed by atoms with Crippen molar-refractivity contribution < 1.29 is 17.9 Å². The molecule has 0 saturated carbocycles. The summed E-state index contributed by atoms with van der Waals surface area (Å²) in [5.74, 6) is 0.653. The topological polar surface area (TPSA) is 89.7 Å². The van der Waals surface area contributed by atoms with Gasteiger partial charge in [-0.2, -0.15) is 0 Å². The molecule has 178 valence electrons. The van der Waals surface area contributed by atoms with Crippen LogP contribution in [0.5, 0.6) is 5.75 Å². The second-order valence-corrected chi connectivity index (χ2v) is 10.5. The Morgan fingerprint density at radius 1 is 1.06 bits per heavy atom. The third kappa shape index (κ3) is 5.31. The van der Waals surface area contributed by atoms with Gasteiger partial charge < -0.3 is 15.4 Å². The molecule has 1 aliphatic rings. The van der Waals surface area contributed by atoms with Crippen LogP contribution in [0.4, 0.5) is 0 Å². The summed E-state index contributed by atoms with van der Waals surface area (Å²) in [6, 6.07) is 12.5. The molecule has 0 spiro atoms. The van der Waals surface area contributed by atoms with Gasteiger partial charge in [-0.1, -0.05) is 19.1 Å². The van der Waals surface area contributed by atoms with Crippen molar-refractivity contribution in [3.05, 3.63) is 65.2 Å². The van der Waals surface area contributed by atoms with Gasteiger partial charge in [0.05, 0.1) is 4.90 Å². The maximum Gasteiger partial charge on any atom is 0.253 e. The number of rotatable bonds is 9. The van der Waals surface area contributed by atoms with Crippen LogP contribution in [0.15, 0.2) is 53.4 Å². The van der Waals surface area contributed by atoms with E-state index >= 15 is 0 Å². The van der Waals surface area contributed by atoms with Gasteiger partial charge in [-0.3, -0.25) is 4.79 Å². The Balaban J connectivity index is 2.12. The number of carbonyl (C=O) groups is 1. The minimum Gasteiger partial charge on any atom is -0.483 e. The van der Waals surface area contributed by atoms with Gasteiger partial charge >= 0.3 is 0 Å². The van der Waals surface area contributed by atoms with E-state index < -0.39 is 15.4 Å².